The van der Waals surface area contributed by atoms with Crippen molar-refractivity contribution in [2.24, 2.45) is 0 Å². The maximum Gasteiger partial charge on any atom is 0.245 e. The van der Waals surface area contributed by atoms with E-state index in [0.717, 1.165) is 9.99 Å². The highest BCUT2D eigenvalue weighted by Crippen LogP contribution is 2.25. The zero-order chi connectivity index (χ0) is 20.1. The second-order valence-corrected chi connectivity index (χ2v) is 8.10. The first-order valence-electron chi connectivity index (χ1n) is 8.75. The van der Waals surface area contributed by atoms with Crippen LogP contribution >= 0.6 is 0 Å². The van der Waals surface area contributed by atoms with Crippen LogP contribution in [0.1, 0.15) is 6.92 Å². The Bertz CT molecular complexity index is 966. The summed E-state index contributed by atoms with van der Waals surface area (Å²) in [7, 11) is -3.85. The number of anilines is 1. The van der Waals surface area contributed by atoms with Crippen molar-refractivity contribution in [1.82, 2.24) is 4.31 Å². The number of sulfonamides is 1. The molecule has 1 heterocycles. The van der Waals surface area contributed by atoms with Crippen molar-refractivity contribution in [3.05, 3.63) is 54.3 Å². The van der Waals surface area contributed by atoms with Crippen molar-refractivity contribution < 1.29 is 22.7 Å². The molecule has 1 fully saturated rings. The van der Waals surface area contributed by atoms with E-state index in [-0.39, 0.29) is 30.4 Å². The van der Waals surface area contributed by atoms with Gasteiger partial charge in [0, 0.05) is 18.8 Å². The fourth-order valence-corrected chi connectivity index (χ4v) is 4.41. The monoisotopic (exact) mass is 404 g/mol. The smallest absolute Gasteiger partial charge is 0.245 e. The average Bonchev–Trinajstić information content (AvgIpc) is 2.69. The van der Waals surface area contributed by atoms with Gasteiger partial charge in [0.15, 0.2) is 0 Å². The lowest BCUT2D eigenvalue weighted by atomic mass is 10.2. The van der Waals surface area contributed by atoms with Gasteiger partial charge >= 0.3 is 0 Å². The summed E-state index contributed by atoms with van der Waals surface area (Å²) in [5, 5.41) is 10.4. The Hall–Kier alpha value is -2.60. The molecule has 1 atom stereocenters. The minimum Gasteiger partial charge on any atom is -0.481 e. The third-order valence-electron chi connectivity index (χ3n) is 4.42. The fraction of sp³-hybridized carbons (Fsp3) is 0.300. The van der Waals surface area contributed by atoms with Gasteiger partial charge in [0.05, 0.1) is 11.4 Å². The minimum atomic E-state index is -3.85. The maximum absolute atomic E-state index is 13.1. The molecule has 1 N–H and O–H groups in total. The largest absolute Gasteiger partial charge is 0.481 e. The molecule has 0 saturated carbocycles. The van der Waals surface area contributed by atoms with E-state index in [1.165, 1.54) is 24.3 Å². The Kier molecular flexibility index (Phi) is 6.19. The van der Waals surface area contributed by atoms with Crippen molar-refractivity contribution in [2.75, 3.05) is 31.1 Å². The molecule has 148 valence electrons. The molecule has 1 saturated heterocycles. The number of hydrogen-bond acceptors (Lipinski definition) is 5. The lowest BCUT2D eigenvalue weighted by molar-refractivity contribution is 0.0554. The normalized spacial score (nSPS) is 17.7. The number of benzene rings is 2. The van der Waals surface area contributed by atoms with Crippen LogP contribution in [0.2, 0.25) is 0 Å². The SMILES string of the molecule is CC#CCOc1ccc(S(=O)(=O)N2CCN(c3ccc(F)cc3)CC2O)cc1. The van der Waals surface area contributed by atoms with E-state index in [2.05, 4.69) is 11.8 Å². The van der Waals surface area contributed by atoms with Gasteiger partial charge in [0.1, 0.15) is 24.4 Å². The highest BCUT2D eigenvalue weighted by Gasteiger charge is 2.35. The first-order valence-corrected chi connectivity index (χ1v) is 10.2. The molecule has 0 aliphatic carbocycles. The molecular weight excluding hydrogens is 383 g/mol. The number of nitrogens with zero attached hydrogens (tertiary/aromatic N) is 2. The first kappa shape index (κ1) is 20.1. The van der Waals surface area contributed by atoms with E-state index in [1.807, 2.05) is 4.90 Å². The van der Waals surface area contributed by atoms with Gasteiger partial charge < -0.3 is 14.7 Å². The molecule has 28 heavy (non-hydrogen) atoms. The van der Waals surface area contributed by atoms with Gasteiger partial charge in [-0.15, -0.1) is 5.92 Å². The molecule has 1 aliphatic heterocycles. The number of ether oxygens (including phenoxy) is 1. The van der Waals surface area contributed by atoms with Crippen LogP contribution in [0.3, 0.4) is 0 Å². The van der Waals surface area contributed by atoms with Crippen molar-refractivity contribution in [3.8, 4) is 17.6 Å². The van der Waals surface area contributed by atoms with Gasteiger partial charge in [0.25, 0.3) is 0 Å². The molecule has 0 bridgehead atoms. The van der Waals surface area contributed by atoms with Crippen LogP contribution in [0.15, 0.2) is 53.4 Å². The van der Waals surface area contributed by atoms with E-state index in [0.29, 0.717) is 12.3 Å². The molecule has 0 amide bonds. The third kappa shape index (κ3) is 4.44. The Balaban J connectivity index is 1.70. The Morgan fingerprint density at radius 2 is 1.82 bits per heavy atom. The summed E-state index contributed by atoms with van der Waals surface area (Å²) in [6.07, 6.45) is -1.21. The third-order valence-corrected chi connectivity index (χ3v) is 6.33. The van der Waals surface area contributed by atoms with Crippen molar-refractivity contribution in [2.45, 2.75) is 18.0 Å². The van der Waals surface area contributed by atoms with E-state index >= 15 is 0 Å². The van der Waals surface area contributed by atoms with Crippen LogP contribution in [0.4, 0.5) is 10.1 Å². The molecule has 1 aliphatic rings. The molecule has 8 heteroatoms. The molecule has 0 aromatic heterocycles. The fourth-order valence-electron chi connectivity index (χ4n) is 2.95. The van der Waals surface area contributed by atoms with Gasteiger partial charge in [-0.3, -0.25) is 0 Å². The lowest BCUT2D eigenvalue weighted by Crippen LogP contribution is -2.55. The Labute approximate surface area is 164 Å². The van der Waals surface area contributed by atoms with Crippen LogP contribution < -0.4 is 9.64 Å². The molecule has 3 rings (SSSR count). The number of β-amino-alcohol motifs (C(OH)–C–C–N with tert-alkyl or cyclic N) is 1. The van der Waals surface area contributed by atoms with Crippen LogP contribution in [-0.2, 0) is 10.0 Å². The second kappa shape index (κ2) is 8.61. The number of piperazine rings is 1. The summed E-state index contributed by atoms with van der Waals surface area (Å²) in [5.74, 6) is 5.64. The quantitative estimate of drug-likeness (QED) is 0.773. The van der Waals surface area contributed by atoms with Gasteiger partial charge in [-0.25, -0.2) is 12.8 Å². The van der Waals surface area contributed by atoms with E-state index in [9.17, 15) is 17.9 Å². The number of aliphatic hydroxyl groups excluding tert-OH is 1. The van der Waals surface area contributed by atoms with Gasteiger partial charge in [-0.2, -0.15) is 4.31 Å². The predicted molar refractivity (Wildman–Crippen MR) is 104 cm³/mol. The van der Waals surface area contributed by atoms with Crippen LogP contribution in [0.5, 0.6) is 5.75 Å². The molecular formula is C20H21FN2O4S. The summed E-state index contributed by atoms with van der Waals surface area (Å²) in [4.78, 5) is 1.90. The predicted octanol–water partition coefficient (Wildman–Crippen LogP) is 2.06. The highest BCUT2D eigenvalue weighted by atomic mass is 32.2. The summed E-state index contributed by atoms with van der Waals surface area (Å²) >= 11 is 0. The minimum absolute atomic E-state index is 0.0794. The standard InChI is InChI=1S/C20H21FN2O4S/c1-2-3-14-27-18-8-10-19(11-9-18)28(25,26)23-13-12-22(15-20(23)24)17-6-4-16(21)5-7-17/h4-11,20,24H,12-15H2,1H3. The Morgan fingerprint density at radius 1 is 1.14 bits per heavy atom. The van der Waals surface area contributed by atoms with Gasteiger partial charge in [-0.05, 0) is 55.5 Å². The average molecular weight is 404 g/mol. The van der Waals surface area contributed by atoms with Crippen molar-refractivity contribution in [3.63, 3.8) is 0 Å². The van der Waals surface area contributed by atoms with E-state index in [4.69, 9.17) is 4.74 Å². The van der Waals surface area contributed by atoms with Crippen LogP contribution in [0, 0.1) is 17.7 Å². The lowest BCUT2D eigenvalue weighted by Gasteiger charge is -2.39. The zero-order valence-corrected chi connectivity index (χ0v) is 16.2. The molecule has 0 spiro atoms. The summed E-state index contributed by atoms with van der Waals surface area (Å²) in [6.45, 7) is 2.54. The summed E-state index contributed by atoms with van der Waals surface area (Å²) < 4.78 is 45.3. The topological polar surface area (TPSA) is 70.1 Å². The van der Waals surface area contributed by atoms with Crippen LogP contribution in [0.25, 0.3) is 0 Å². The Morgan fingerprint density at radius 3 is 2.43 bits per heavy atom. The van der Waals surface area contributed by atoms with Crippen LogP contribution in [-0.4, -0.2) is 50.3 Å². The number of rotatable bonds is 5. The first-order chi connectivity index (χ1) is 13.4. The second-order valence-electron chi connectivity index (χ2n) is 6.21. The van der Waals surface area contributed by atoms with E-state index < -0.39 is 16.3 Å². The molecule has 6 nitrogen and oxygen atoms in total. The van der Waals surface area contributed by atoms with Gasteiger partial charge in [-0.1, -0.05) is 5.92 Å². The maximum atomic E-state index is 13.1. The molecule has 2 aromatic carbocycles. The van der Waals surface area contributed by atoms with Gasteiger partial charge in [0.2, 0.25) is 10.0 Å². The summed E-state index contributed by atoms with van der Waals surface area (Å²) in [5.41, 5.74) is 0.731. The number of aliphatic hydroxyl groups is 1. The van der Waals surface area contributed by atoms with E-state index in [1.54, 1.807) is 31.2 Å². The van der Waals surface area contributed by atoms with Crippen molar-refractivity contribution in [1.29, 1.82) is 0 Å². The zero-order valence-electron chi connectivity index (χ0n) is 15.4. The highest BCUT2D eigenvalue weighted by molar-refractivity contribution is 7.89. The number of hydrogen-bond donors (Lipinski definition) is 1. The molecule has 0 radical (unpaired) electrons. The molecule has 2 aromatic rings. The summed E-state index contributed by atoms with van der Waals surface area (Å²) in [6, 6.07) is 11.9. The van der Waals surface area contributed by atoms with Crippen molar-refractivity contribution >= 4 is 15.7 Å². The number of halogens is 1. The molecule has 1 unspecified atom stereocenters.